The molecule has 0 amide bonds. The molecule has 0 aliphatic rings. The third kappa shape index (κ3) is 9.30. The van der Waals surface area contributed by atoms with Crippen molar-refractivity contribution >= 4 is 18.3 Å². The zero-order chi connectivity index (χ0) is 12.1. The standard InChI is InChI=1S/C8H16F3O2PS/c1-3-4-7(2)5-14(12,15)13-6-8(9,10)11/h7H,3-6H2,1-2H3,(H,12,15). The highest BCUT2D eigenvalue weighted by atomic mass is 32.5. The van der Waals surface area contributed by atoms with E-state index < -0.39 is 19.3 Å². The van der Waals surface area contributed by atoms with Crippen molar-refractivity contribution in [3.8, 4) is 0 Å². The van der Waals surface area contributed by atoms with E-state index in [4.69, 9.17) is 0 Å². The van der Waals surface area contributed by atoms with Crippen molar-refractivity contribution in [2.45, 2.75) is 32.9 Å². The van der Waals surface area contributed by atoms with Crippen molar-refractivity contribution in [2.75, 3.05) is 12.8 Å². The first-order chi connectivity index (χ1) is 6.66. The van der Waals surface area contributed by atoms with E-state index in [1.165, 1.54) is 0 Å². The molecule has 0 saturated heterocycles. The molecule has 0 rings (SSSR count). The van der Waals surface area contributed by atoms with Gasteiger partial charge in [-0.3, -0.25) is 0 Å². The Kier molecular flexibility index (Phi) is 6.33. The molecule has 0 bridgehead atoms. The third-order valence-electron chi connectivity index (χ3n) is 1.75. The van der Waals surface area contributed by atoms with Crippen LogP contribution in [-0.2, 0) is 16.3 Å². The van der Waals surface area contributed by atoms with E-state index in [9.17, 15) is 18.1 Å². The molecule has 0 aromatic rings. The van der Waals surface area contributed by atoms with Crippen LogP contribution in [0.4, 0.5) is 13.2 Å². The fourth-order valence-corrected chi connectivity index (χ4v) is 3.55. The van der Waals surface area contributed by atoms with Crippen molar-refractivity contribution in [1.29, 1.82) is 0 Å². The molecular weight excluding hydrogens is 248 g/mol. The van der Waals surface area contributed by atoms with Crippen LogP contribution in [0.25, 0.3) is 0 Å². The van der Waals surface area contributed by atoms with Gasteiger partial charge >= 0.3 is 6.18 Å². The van der Waals surface area contributed by atoms with Crippen molar-refractivity contribution in [3.63, 3.8) is 0 Å². The number of halogens is 3. The van der Waals surface area contributed by atoms with Crippen LogP contribution in [-0.4, -0.2) is 23.8 Å². The highest BCUT2D eigenvalue weighted by Crippen LogP contribution is 2.46. The van der Waals surface area contributed by atoms with E-state index in [0.29, 0.717) is 0 Å². The van der Waals surface area contributed by atoms with Gasteiger partial charge in [0.2, 0.25) is 0 Å². The van der Waals surface area contributed by atoms with E-state index >= 15 is 0 Å². The molecule has 2 nitrogen and oxygen atoms in total. The van der Waals surface area contributed by atoms with Crippen LogP contribution in [0.2, 0.25) is 0 Å². The lowest BCUT2D eigenvalue weighted by atomic mass is 10.1. The number of hydrogen-bond acceptors (Lipinski definition) is 2. The highest BCUT2D eigenvalue weighted by Gasteiger charge is 2.31. The SMILES string of the molecule is CCCC(C)CP(O)(=S)OCC(F)(F)F. The van der Waals surface area contributed by atoms with Crippen molar-refractivity contribution in [3.05, 3.63) is 0 Å². The first-order valence-electron chi connectivity index (χ1n) is 4.69. The Morgan fingerprint density at radius 1 is 1.47 bits per heavy atom. The molecule has 7 heteroatoms. The summed E-state index contributed by atoms with van der Waals surface area (Å²) in [4.78, 5) is 9.48. The fraction of sp³-hybridized carbons (Fsp3) is 1.00. The molecule has 2 atom stereocenters. The molecule has 0 radical (unpaired) electrons. The highest BCUT2D eigenvalue weighted by molar-refractivity contribution is 8.09. The Labute approximate surface area is 93.0 Å². The summed E-state index contributed by atoms with van der Waals surface area (Å²) >= 11 is 4.65. The van der Waals surface area contributed by atoms with E-state index in [0.717, 1.165) is 12.8 Å². The topological polar surface area (TPSA) is 29.5 Å². The van der Waals surface area contributed by atoms with Gasteiger partial charge < -0.3 is 9.42 Å². The van der Waals surface area contributed by atoms with Gasteiger partial charge in [-0.05, 0) is 17.7 Å². The van der Waals surface area contributed by atoms with Gasteiger partial charge in [-0.2, -0.15) is 13.2 Å². The molecule has 15 heavy (non-hydrogen) atoms. The minimum absolute atomic E-state index is 0.0964. The number of rotatable bonds is 6. The number of hydrogen-bond donors (Lipinski definition) is 1. The summed E-state index contributed by atoms with van der Waals surface area (Å²) in [5, 5.41) is 0. The molecule has 0 aliphatic heterocycles. The largest absolute Gasteiger partial charge is 0.412 e. The summed E-state index contributed by atoms with van der Waals surface area (Å²) in [5.74, 6) is 0.0964. The van der Waals surface area contributed by atoms with Gasteiger partial charge in [0.05, 0.1) is 0 Å². The minimum Gasteiger partial charge on any atom is -0.345 e. The summed E-state index contributed by atoms with van der Waals surface area (Å²) in [6, 6.07) is 0. The average Bonchev–Trinajstić information content (AvgIpc) is 1.99. The fourth-order valence-electron chi connectivity index (χ4n) is 1.20. The molecule has 1 N–H and O–H groups in total. The summed E-state index contributed by atoms with van der Waals surface area (Å²) in [5.41, 5.74) is 0. The quantitative estimate of drug-likeness (QED) is 0.746. The lowest BCUT2D eigenvalue weighted by Crippen LogP contribution is -2.17. The Balaban J connectivity index is 4.02. The maximum Gasteiger partial charge on any atom is 0.412 e. The lowest BCUT2D eigenvalue weighted by molar-refractivity contribution is -0.153. The van der Waals surface area contributed by atoms with Crippen LogP contribution in [0.15, 0.2) is 0 Å². The molecule has 0 aliphatic carbocycles. The van der Waals surface area contributed by atoms with Gasteiger partial charge in [0, 0.05) is 6.16 Å². The third-order valence-corrected chi connectivity index (χ3v) is 4.13. The molecule has 0 heterocycles. The van der Waals surface area contributed by atoms with Crippen molar-refractivity contribution in [2.24, 2.45) is 5.92 Å². The molecule has 0 spiro atoms. The summed E-state index contributed by atoms with van der Waals surface area (Å²) in [6.07, 6.45) is -2.54. The summed E-state index contributed by atoms with van der Waals surface area (Å²) in [7, 11) is 0. The van der Waals surface area contributed by atoms with Crippen LogP contribution in [0.3, 0.4) is 0 Å². The Morgan fingerprint density at radius 3 is 2.40 bits per heavy atom. The predicted octanol–water partition coefficient (Wildman–Crippen LogP) is 3.30. The van der Waals surface area contributed by atoms with Crippen LogP contribution in [0.1, 0.15) is 26.7 Å². The second kappa shape index (κ2) is 6.18. The average molecular weight is 264 g/mol. The Hall–Kier alpha value is 0.360. The van der Waals surface area contributed by atoms with Gasteiger partial charge in [0.15, 0.2) is 6.49 Å². The summed E-state index contributed by atoms with van der Waals surface area (Å²) in [6.45, 7) is -0.909. The molecule has 0 fully saturated rings. The monoisotopic (exact) mass is 264 g/mol. The molecule has 92 valence electrons. The van der Waals surface area contributed by atoms with Crippen LogP contribution in [0.5, 0.6) is 0 Å². The zero-order valence-electron chi connectivity index (χ0n) is 8.75. The Morgan fingerprint density at radius 2 is 2.00 bits per heavy atom. The Bertz CT molecular complexity index is 232. The van der Waals surface area contributed by atoms with E-state index in [-0.39, 0.29) is 12.1 Å². The molecule has 0 aromatic carbocycles. The van der Waals surface area contributed by atoms with Crippen molar-refractivity contribution in [1.82, 2.24) is 0 Å². The lowest BCUT2D eigenvalue weighted by Gasteiger charge is -2.20. The van der Waals surface area contributed by atoms with E-state index in [1.807, 2.05) is 13.8 Å². The van der Waals surface area contributed by atoms with Crippen LogP contribution in [0, 0.1) is 5.92 Å². The van der Waals surface area contributed by atoms with Gasteiger partial charge in [0.1, 0.15) is 6.61 Å². The minimum atomic E-state index is -4.43. The van der Waals surface area contributed by atoms with Gasteiger partial charge in [-0.25, -0.2) is 0 Å². The predicted molar refractivity (Wildman–Crippen MR) is 57.4 cm³/mol. The molecule has 0 aromatic heterocycles. The smallest absolute Gasteiger partial charge is 0.345 e. The van der Waals surface area contributed by atoms with Gasteiger partial charge in [-0.1, -0.05) is 26.7 Å². The van der Waals surface area contributed by atoms with Gasteiger partial charge in [-0.15, -0.1) is 0 Å². The van der Waals surface area contributed by atoms with Crippen molar-refractivity contribution < 1.29 is 22.6 Å². The summed E-state index contributed by atoms with van der Waals surface area (Å²) < 4.78 is 39.8. The van der Waals surface area contributed by atoms with Crippen LogP contribution < -0.4 is 0 Å². The molecule has 0 saturated carbocycles. The zero-order valence-corrected chi connectivity index (χ0v) is 10.5. The number of alkyl halides is 3. The van der Waals surface area contributed by atoms with Gasteiger partial charge in [0.25, 0.3) is 0 Å². The normalized spacial score (nSPS) is 18.5. The first kappa shape index (κ1) is 15.4. The maximum absolute atomic E-state index is 11.8. The van der Waals surface area contributed by atoms with E-state index in [2.05, 4.69) is 16.3 Å². The first-order valence-corrected chi connectivity index (χ1v) is 7.55. The second-order valence-corrected chi connectivity index (χ2v) is 7.21. The molecule has 2 unspecified atom stereocenters. The maximum atomic E-state index is 11.8. The second-order valence-electron chi connectivity index (χ2n) is 3.60. The van der Waals surface area contributed by atoms with E-state index in [1.54, 1.807) is 0 Å². The molecular formula is C8H16F3O2PS. The van der Waals surface area contributed by atoms with Crippen LogP contribution >= 0.6 is 6.49 Å².